The first kappa shape index (κ1) is 30.8. The van der Waals surface area contributed by atoms with Crippen LogP contribution in [0.3, 0.4) is 0 Å². The molecular weight excluding hydrogens is 506 g/mol. The number of nitrogens with zero attached hydrogens (tertiary/aromatic N) is 2. The van der Waals surface area contributed by atoms with Crippen LogP contribution in [-0.4, -0.2) is 46.5 Å². The van der Waals surface area contributed by atoms with Gasteiger partial charge < -0.3 is 24.7 Å². The van der Waals surface area contributed by atoms with E-state index in [0.717, 1.165) is 5.69 Å². The summed E-state index contributed by atoms with van der Waals surface area (Å²) >= 11 is 0. The molecule has 2 aromatic rings. The molecule has 0 aliphatic carbocycles. The second-order valence-electron chi connectivity index (χ2n) is 8.69. The Labute approximate surface area is 227 Å². The largest absolute Gasteiger partial charge is 0.449 e. The van der Waals surface area contributed by atoms with Gasteiger partial charge in [-0.25, -0.2) is 9.78 Å². The van der Waals surface area contributed by atoms with Gasteiger partial charge in [-0.2, -0.15) is 0 Å². The number of carbonyl (C=O) groups excluding carboxylic acids is 4. The molecule has 0 amide bonds. The minimum absolute atomic E-state index is 0.0000211. The molecule has 11 heteroatoms. The van der Waals surface area contributed by atoms with E-state index in [9.17, 15) is 19.2 Å². The summed E-state index contributed by atoms with van der Waals surface area (Å²) in [5.74, 6) is -3.08. The van der Waals surface area contributed by atoms with Crippen molar-refractivity contribution in [3.63, 3.8) is 0 Å². The van der Waals surface area contributed by atoms with Crippen molar-refractivity contribution < 1.29 is 38.1 Å². The number of aromatic nitrogens is 2. The maximum Gasteiger partial charge on any atom is 0.349 e. The summed E-state index contributed by atoms with van der Waals surface area (Å²) in [6.45, 7) is 14.8. The number of benzene rings is 1. The van der Waals surface area contributed by atoms with Crippen molar-refractivity contribution in [2.45, 2.75) is 59.2 Å². The summed E-state index contributed by atoms with van der Waals surface area (Å²) in [4.78, 5) is 57.8. The third kappa shape index (κ3) is 8.05. The Balaban J connectivity index is 2.51. The first-order chi connectivity index (χ1) is 18.3. The molecule has 2 rings (SSSR count). The summed E-state index contributed by atoms with van der Waals surface area (Å²) in [7, 11) is 0. The SMILES string of the molecule is C=CCC(C=C)(OC(=O)[C@@H](Cc1ccc(OC(C)=O)c(OC(C)=O)c1)OC(=O)CN)c1nc(C)c(C)nc1C. The third-order valence-electron chi connectivity index (χ3n) is 5.58. The summed E-state index contributed by atoms with van der Waals surface area (Å²) < 4.78 is 21.5. The number of hydrogen-bond acceptors (Lipinski definition) is 11. The minimum atomic E-state index is -1.45. The molecule has 2 atom stereocenters. The molecule has 0 saturated heterocycles. The molecule has 0 spiro atoms. The average Bonchev–Trinajstić information content (AvgIpc) is 2.86. The van der Waals surface area contributed by atoms with Gasteiger partial charge in [0.25, 0.3) is 0 Å². The summed E-state index contributed by atoms with van der Waals surface area (Å²) in [5.41, 5.74) is 6.61. The lowest BCUT2D eigenvalue weighted by Crippen LogP contribution is -2.40. The van der Waals surface area contributed by atoms with Gasteiger partial charge in [0, 0.05) is 26.7 Å². The van der Waals surface area contributed by atoms with Gasteiger partial charge in [-0.15, -0.1) is 6.58 Å². The molecule has 1 unspecified atom stereocenters. The number of esters is 4. The predicted octanol–water partition coefficient (Wildman–Crippen LogP) is 2.87. The van der Waals surface area contributed by atoms with E-state index in [-0.39, 0.29) is 24.3 Å². The van der Waals surface area contributed by atoms with E-state index < -0.39 is 42.1 Å². The normalized spacial score (nSPS) is 12.9. The van der Waals surface area contributed by atoms with E-state index in [2.05, 4.69) is 23.1 Å². The van der Waals surface area contributed by atoms with Crippen LogP contribution in [0, 0.1) is 20.8 Å². The first-order valence-electron chi connectivity index (χ1n) is 12.0. The summed E-state index contributed by atoms with van der Waals surface area (Å²) in [6.07, 6.45) is 1.46. The molecule has 0 bridgehead atoms. The lowest BCUT2D eigenvalue weighted by molar-refractivity contribution is -0.176. The molecule has 1 heterocycles. The Bertz CT molecular complexity index is 1290. The summed E-state index contributed by atoms with van der Waals surface area (Å²) in [5, 5.41) is 0. The van der Waals surface area contributed by atoms with Crippen molar-refractivity contribution in [1.82, 2.24) is 9.97 Å². The quantitative estimate of drug-likeness (QED) is 0.240. The Hall–Kier alpha value is -4.38. The first-order valence-corrected chi connectivity index (χ1v) is 12.0. The van der Waals surface area contributed by atoms with Crippen molar-refractivity contribution in [3.8, 4) is 11.5 Å². The fraction of sp³-hybridized carbons (Fsp3) is 0.357. The highest BCUT2D eigenvalue weighted by Crippen LogP contribution is 2.34. The molecule has 0 radical (unpaired) electrons. The number of nitrogens with two attached hydrogens (primary N) is 1. The lowest BCUT2D eigenvalue weighted by Gasteiger charge is -2.32. The minimum Gasteiger partial charge on any atom is -0.449 e. The van der Waals surface area contributed by atoms with Crippen molar-refractivity contribution in [2.75, 3.05) is 6.54 Å². The second kappa shape index (κ2) is 13.4. The van der Waals surface area contributed by atoms with Gasteiger partial charge in [-0.1, -0.05) is 18.7 Å². The van der Waals surface area contributed by atoms with Crippen molar-refractivity contribution in [2.24, 2.45) is 5.73 Å². The molecule has 1 aromatic carbocycles. The highest BCUT2D eigenvalue weighted by atomic mass is 16.6. The van der Waals surface area contributed by atoms with Crippen LogP contribution in [0.4, 0.5) is 0 Å². The average molecular weight is 540 g/mol. The van der Waals surface area contributed by atoms with E-state index >= 15 is 0 Å². The molecular formula is C28H33N3O8. The zero-order valence-electron chi connectivity index (χ0n) is 22.7. The zero-order chi connectivity index (χ0) is 29.3. The van der Waals surface area contributed by atoms with Crippen LogP contribution in [0.5, 0.6) is 11.5 Å². The van der Waals surface area contributed by atoms with E-state index in [1.54, 1.807) is 19.9 Å². The van der Waals surface area contributed by atoms with Gasteiger partial charge in [-0.05, 0) is 44.5 Å². The molecule has 0 fully saturated rings. The van der Waals surface area contributed by atoms with Gasteiger partial charge >= 0.3 is 23.9 Å². The van der Waals surface area contributed by atoms with E-state index in [1.807, 2.05) is 6.92 Å². The highest BCUT2D eigenvalue weighted by molar-refractivity contribution is 5.81. The van der Waals surface area contributed by atoms with Gasteiger partial charge in [-0.3, -0.25) is 19.4 Å². The molecule has 0 aliphatic heterocycles. The Morgan fingerprint density at radius 2 is 1.59 bits per heavy atom. The maximum atomic E-state index is 13.5. The standard InChI is InChI=1S/C28H33N3O8/c1-8-12-28(9-2,26-18(5)30-16(3)17(4)31-26)39-27(35)24(38-25(34)15-29)14-21-10-11-22(36-19(6)32)23(13-21)37-20(7)33/h8-11,13,24H,1-2,12,14-15,29H2,3-7H3/t24-,28?/m1/s1. The molecule has 1 aromatic heterocycles. The molecule has 208 valence electrons. The summed E-state index contributed by atoms with van der Waals surface area (Å²) in [6, 6.07) is 4.30. The number of carbonyl (C=O) groups is 4. The van der Waals surface area contributed by atoms with E-state index in [0.29, 0.717) is 22.6 Å². The van der Waals surface area contributed by atoms with Crippen molar-refractivity contribution in [3.05, 3.63) is 71.8 Å². The van der Waals surface area contributed by atoms with Gasteiger partial charge in [0.05, 0.1) is 23.6 Å². The zero-order valence-corrected chi connectivity index (χ0v) is 22.7. The van der Waals surface area contributed by atoms with Gasteiger partial charge in [0.2, 0.25) is 6.10 Å². The number of hydrogen-bond donors (Lipinski definition) is 1. The van der Waals surface area contributed by atoms with Crippen molar-refractivity contribution >= 4 is 23.9 Å². The van der Waals surface area contributed by atoms with Crippen LogP contribution in [0.15, 0.2) is 43.5 Å². The molecule has 2 N–H and O–H groups in total. The van der Waals surface area contributed by atoms with Crippen LogP contribution in [0.25, 0.3) is 0 Å². The van der Waals surface area contributed by atoms with Crippen LogP contribution in [-0.2, 0) is 40.7 Å². The van der Waals surface area contributed by atoms with Gasteiger partial charge in [0.15, 0.2) is 17.1 Å². The third-order valence-corrected chi connectivity index (χ3v) is 5.58. The smallest absolute Gasteiger partial charge is 0.349 e. The van der Waals surface area contributed by atoms with Crippen LogP contribution < -0.4 is 15.2 Å². The van der Waals surface area contributed by atoms with E-state index in [4.69, 9.17) is 24.7 Å². The van der Waals surface area contributed by atoms with Gasteiger partial charge in [0.1, 0.15) is 5.69 Å². The number of rotatable bonds is 12. The molecule has 0 aliphatic rings. The molecule has 11 nitrogen and oxygen atoms in total. The number of ether oxygens (including phenoxy) is 4. The maximum absolute atomic E-state index is 13.5. The topological polar surface area (TPSA) is 157 Å². The predicted molar refractivity (Wildman–Crippen MR) is 141 cm³/mol. The van der Waals surface area contributed by atoms with Crippen LogP contribution in [0.2, 0.25) is 0 Å². The molecule has 0 saturated carbocycles. The monoisotopic (exact) mass is 539 g/mol. The molecule has 39 heavy (non-hydrogen) atoms. The Morgan fingerprint density at radius 1 is 0.974 bits per heavy atom. The fourth-order valence-electron chi connectivity index (χ4n) is 3.73. The highest BCUT2D eigenvalue weighted by Gasteiger charge is 2.39. The Morgan fingerprint density at radius 3 is 2.15 bits per heavy atom. The lowest BCUT2D eigenvalue weighted by atomic mass is 9.92. The fourth-order valence-corrected chi connectivity index (χ4v) is 3.73. The van der Waals surface area contributed by atoms with E-state index in [1.165, 1.54) is 38.1 Å². The van der Waals surface area contributed by atoms with Crippen LogP contribution in [0.1, 0.15) is 48.6 Å². The van der Waals surface area contributed by atoms with Crippen LogP contribution >= 0.6 is 0 Å². The second-order valence-corrected chi connectivity index (χ2v) is 8.69. The Kier molecular flexibility index (Phi) is 10.6. The number of aryl methyl sites for hydroxylation is 3. The van der Waals surface area contributed by atoms with Crippen molar-refractivity contribution in [1.29, 1.82) is 0 Å².